The molecule has 0 saturated carbocycles. The molecule has 0 fully saturated rings. The van der Waals surface area contributed by atoms with Crippen molar-refractivity contribution in [3.05, 3.63) is 46.7 Å². The molecular formula is C14H10BrN3O3. The number of ether oxygens (including phenoxy) is 1. The minimum atomic E-state index is -0.263. The van der Waals surface area contributed by atoms with Crippen molar-refractivity contribution in [3.8, 4) is 5.75 Å². The summed E-state index contributed by atoms with van der Waals surface area (Å²) >= 11 is 3.22. The number of nitrogens with zero attached hydrogens (tertiary/aromatic N) is 1. The first-order chi connectivity index (χ1) is 10.1. The molecular weight excluding hydrogens is 338 g/mol. The third kappa shape index (κ3) is 3.03. The molecule has 0 aliphatic carbocycles. The Morgan fingerprint density at radius 3 is 3.00 bits per heavy atom. The van der Waals surface area contributed by atoms with Gasteiger partial charge < -0.3 is 15.4 Å². The van der Waals surface area contributed by atoms with E-state index in [-0.39, 0.29) is 18.4 Å². The summed E-state index contributed by atoms with van der Waals surface area (Å²) in [5.74, 6) is 0.101. The molecule has 2 amide bonds. The number of pyridine rings is 1. The lowest BCUT2D eigenvalue weighted by Crippen LogP contribution is -2.25. The maximum Gasteiger partial charge on any atom is 0.262 e. The summed E-state index contributed by atoms with van der Waals surface area (Å²) in [6.07, 6.45) is 1.54. The van der Waals surface area contributed by atoms with Gasteiger partial charge in [0, 0.05) is 17.4 Å². The Kier molecular flexibility index (Phi) is 3.57. The molecule has 2 heterocycles. The molecule has 0 spiro atoms. The smallest absolute Gasteiger partial charge is 0.262 e. The Morgan fingerprint density at radius 2 is 2.19 bits per heavy atom. The maximum atomic E-state index is 12.1. The Morgan fingerprint density at radius 1 is 1.33 bits per heavy atom. The standard InChI is InChI=1S/C14H10BrN3O3/c15-12-5-8(3-4-16-12)14(20)17-9-1-2-11-10(6-9)18-13(19)7-21-11/h1-6H,7H2,(H,17,20)(H,18,19). The average molecular weight is 348 g/mol. The van der Waals surface area contributed by atoms with Gasteiger partial charge in [-0.2, -0.15) is 0 Å². The van der Waals surface area contributed by atoms with E-state index in [4.69, 9.17) is 4.74 Å². The van der Waals surface area contributed by atoms with Gasteiger partial charge in [-0.05, 0) is 46.3 Å². The van der Waals surface area contributed by atoms with Crippen molar-refractivity contribution < 1.29 is 14.3 Å². The van der Waals surface area contributed by atoms with Gasteiger partial charge in [0.05, 0.1) is 5.69 Å². The van der Waals surface area contributed by atoms with Gasteiger partial charge in [-0.15, -0.1) is 0 Å². The van der Waals surface area contributed by atoms with E-state index in [9.17, 15) is 9.59 Å². The molecule has 7 heteroatoms. The highest BCUT2D eigenvalue weighted by molar-refractivity contribution is 9.10. The van der Waals surface area contributed by atoms with Crippen molar-refractivity contribution >= 4 is 39.1 Å². The van der Waals surface area contributed by atoms with Gasteiger partial charge in [0.1, 0.15) is 10.4 Å². The molecule has 0 atom stereocenters. The molecule has 6 nitrogen and oxygen atoms in total. The molecule has 1 aliphatic heterocycles. The minimum Gasteiger partial charge on any atom is -0.482 e. The summed E-state index contributed by atoms with van der Waals surface area (Å²) in [6, 6.07) is 8.31. The third-order valence-electron chi connectivity index (χ3n) is 2.86. The lowest BCUT2D eigenvalue weighted by atomic mass is 10.2. The van der Waals surface area contributed by atoms with Crippen LogP contribution in [0.3, 0.4) is 0 Å². The third-order valence-corrected chi connectivity index (χ3v) is 3.29. The summed E-state index contributed by atoms with van der Waals surface area (Å²) in [5.41, 5.74) is 1.59. The highest BCUT2D eigenvalue weighted by Crippen LogP contribution is 2.30. The van der Waals surface area contributed by atoms with Crippen molar-refractivity contribution in [2.75, 3.05) is 17.2 Å². The molecule has 0 radical (unpaired) electrons. The quantitative estimate of drug-likeness (QED) is 0.817. The second kappa shape index (κ2) is 5.53. The van der Waals surface area contributed by atoms with Gasteiger partial charge >= 0.3 is 0 Å². The molecule has 1 aromatic heterocycles. The Labute approximate surface area is 128 Å². The number of amides is 2. The van der Waals surface area contributed by atoms with Gasteiger partial charge in [-0.1, -0.05) is 0 Å². The zero-order chi connectivity index (χ0) is 14.8. The van der Waals surface area contributed by atoms with Crippen LogP contribution in [0.15, 0.2) is 41.1 Å². The molecule has 0 bridgehead atoms. The number of anilines is 2. The predicted octanol–water partition coefficient (Wildman–Crippen LogP) is 2.43. The predicted molar refractivity (Wildman–Crippen MR) is 80.5 cm³/mol. The zero-order valence-corrected chi connectivity index (χ0v) is 12.3. The van der Waals surface area contributed by atoms with Crippen LogP contribution >= 0.6 is 15.9 Å². The first-order valence-electron chi connectivity index (χ1n) is 6.11. The number of nitrogens with one attached hydrogen (secondary N) is 2. The normalized spacial score (nSPS) is 12.9. The minimum absolute atomic E-state index is 0.00372. The highest BCUT2D eigenvalue weighted by Gasteiger charge is 2.16. The average Bonchev–Trinajstić information content (AvgIpc) is 2.46. The van der Waals surface area contributed by atoms with Gasteiger partial charge in [-0.3, -0.25) is 9.59 Å². The number of rotatable bonds is 2. The van der Waals surface area contributed by atoms with Crippen LogP contribution in [0.2, 0.25) is 0 Å². The number of aromatic nitrogens is 1. The van der Waals surface area contributed by atoms with Gasteiger partial charge in [0.25, 0.3) is 11.8 Å². The van der Waals surface area contributed by atoms with Crippen molar-refractivity contribution in [1.29, 1.82) is 0 Å². The number of carbonyl (C=O) groups is 2. The first-order valence-corrected chi connectivity index (χ1v) is 6.91. The van der Waals surface area contributed by atoms with Gasteiger partial charge in [0.2, 0.25) is 0 Å². The molecule has 3 rings (SSSR count). The van der Waals surface area contributed by atoms with Crippen LogP contribution in [0.25, 0.3) is 0 Å². The van der Waals surface area contributed by atoms with E-state index < -0.39 is 0 Å². The van der Waals surface area contributed by atoms with E-state index in [2.05, 4.69) is 31.5 Å². The van der Waals surface area contributed by atoms with Crippen LogP contribution in [-0.2, 0) is 4.79 Å². The molecule has 106 valence electrons. The molecule has 2 aromatic rings. The summed E-state index contributed by atoms with van der Waals surface area (Å²) in [4.78, 5) is 27.4. The topological polar surface area (TPSA) is 80.3 Å². The second-order valence-corrected chi connectivity index (χ2v) is 5.18. The van der Waals surface area contributed by atoms with Crippen LogP contribution in [0, 0.1) is 0 Å². The van der Waals surface area contributed by atoms with E-state index in [0.29, 0.717) is 27.3 Å². The fourth-order valence-corrected chi connectivity index (χ4v) is 2.27. The van der Waals surface area contributed by atoms with Crippen molar-refractivity contribution in [3.63, 3.8) is 0 Å². The number of hydrogen-bond donors (Lipinski definition) is 2. The Bertz CT molecular complexity index is 733. The maximum absolute atomic E-state index is 12.1. The summed E-state index contributed by atoms with van der Waals surface area (Å²) in [5, 5.41) is 5.45. The molecule has 1 aromatic carbocycles. The summed E-state index contributed by atoms with van der Waals surface area (Å²) < 4.78 is 5.84. The largest absolute Gasteiger partial charge is 0.482 e. The van der Waals surface area contributed by atoms with Crippen LogP contribution in [0.4, 0.5) is 11.4 Å². The zero-order valence-electron chi connectivity index (χ0n) is 10.7. The Balaban J connectivity index is 1.80. The fraction of sp³-hybridized carbons (Fsp3) is 0.0714. The van der Waals surface area contributed by atoms with E-state index in [1.165, 1.54) is 0 Å². The van der Waals surface area contributed by atoms with E-state index in [1.807, 2.05) is 0 Å². The molecule has 1 aliphatic rings. The van der Waals surface area contributed by atoms with E-state index >= 15 is 0 Å². The van der Waals surface area contributed by atoms with Crippen LogP contribution < -0.4 is 15.4 Å². The van der Waals surface area contributed by atoms with E-state index in [0.717, 1.165) is 0 Å². The Hall–Kier alpha value is -2.41. The number of carbonyl (C=O) groups excluding carboxylic acids is 2. The number of hydrogen-bond acceptors (Lipinski definition) is 4. The SMILES string of the molecule is O=C1COc2ccc(NC(=O)c3ccnc(Br)c3)cc2N1. The number of fused-ring (bicyclic) bond motifs is 1. The first kappa shape index (κ1) is 13.6. The van der Waals surface area contributed by atoms with Crippen LogP contribution in [0.5, 0.6) is 5.75 Å². The lowest BCUT2D eigenvalue weighted by Gasteiger charge is -2.18. The molecule has 0 unspecified atom stereocenters. The van der Waals surface area contributed by atoms with Crippen LogP contribution in [-0.4, -0.2) is 23.4 Å². The van der Waals surface area contributed by atoms with Gasteiger partial charge in [0.15, 0.2) is 6.61 Å². The van der Waals surface area contributed by atoms with Crippen molar-refractivity contribution in [2.24, 2.45) is 0 Å². The lowest BCUT2D eigenvalue weighted by molar-refractivity contribution is -0.118. The summed E-state index contributed by atoms with van der Waals surface area (Å²) in [7, 11) is 0. The van der Waals surface area contributed by atoms with Crippen molar-refractivity contribution in [1.82, 2.24) is 4.98 Å². The number of benzene rings is 1. The molecule has 2 N–H and O–H groups in total. The van der Waals surface area contributed by atoms with Gasteiger partial charge in [-0.25, -0.2) is 4.98 Å². The summed E-state index contributed by atoms with van der Waals surface area (Å²) in [6.45, 7) is 0.00372. The molecule has 0 saturated heterocycles. The van der Waals surface area contributed by atoms with E-state index in [1.54, 1.807) is 36.5 Å². The highest BCUT2D eigenvalue weighted by atomic mass is 79.9. The van der Waals surface area contributed by atoms with Crippen molar-refractivity contribution in [2.45, 2.75) is 0 Å². The fourth-order valence-electron chi connectivity index (χ4n) is 1.91. The number of halogens is 1. The second-order valence-electron chi connectivity index (χ2n) is 4.37. The monoisotopic (exact) mass is 347 g/mol. The van der Waals surface area contributed by atoms with Crippen LogP contribution in [0.1, 0.15) is 10.4 Å². The molecule has 21 heavy (non-hydrogen) atoms.